The molecule has 0 unspecified atom stereocenters. The minimum absolute atomic E-state index is 0.209. The summed E-state index contributed by atoms with van der Waals surface area (Å²) in [5, 5.41) is 0. The van der Waals surface area contributed by atoms with E-state index in [9.17, 15) is 9.59 Å². The van der Waals surface area contributed by atoms with Gasteiger partial charge in [0.1, 0.15) is 11.4 Å². The molecule has 2 aliphatic rings. The van der Waals surface area contributed by atoms with Crippen LogP contribution >= 0.6 is 0 Å². The van der Waals surface area contributed by atoms with E-state index < -0.39 is 0 Å². The fourth-order valence-electron chi connectivity index (χ4n) is 3.92. The lowest BCUT2D eigenvalue weighted by Crippen LogP contribution is -2.50. The smallest absolute Gasteiger partial charge is 0.263 e. The molecule has 9 heteroatoms. The van der Waals surface area contributed by atoms with Crippen LogP contribution in [0.25, 0.3) is 0 Å². The monoisotopic (exact) mass is 411 g/mol. The van der Waals surface area contributed by atoms with Crippen molar-refractivity contribution in [1.29, 1.82) is 0 Å². The highest BCUT2D eigenvalue weighted by Gasteiger charge is 2.26. The van der Waals surface area contributed by atoms with E-state index in [1.54, 1.807) is 30.3 Å². The zero-order valence-electron chi connectivity index (χ0n) is 17.9. The van der Waals surface area contributed by atoms with Gasteiger partial charge in [-0.05, 0) is 26.1 Å². The highest BCUT2D eigenvalue weighted by atomic mass is 16.2. The Kier molecular flexibility index (Phi) is 5.72. The van der Waals surface area contributed by atoms with Crippen LogP contribution < -0.4 is 15.4 Å². The van der Waals surface area contributed by atoms with E-state index >= 15 is 0 Å². The van der Waals surface area contributed by atoms with Crippen LogP contribution in [0.3, 0.4) is 0 Å². The van der Waals surface area contributed by atoms with Crippen molar-refractivity contribution in [3.63, 3.8) is 0 Å². The molecule has 0 aromatic carbocycles. The van der Waals surface area contributed by atoms with Crippen molar-refractivity contribution < 1.29 is 4.79 Å². The topological polar surface area (TPSA) is 77.8 Å². The second kappa shape index (κ2) is 8.43. The predicted molar refractivity (Wildman–Crippen MR) is 116 cm³/mol. The highest BCUT2D eigenvalue weighted by Crippen LogP contribution is 2.20. The van der Waals surface area contributed by atoms with Crippen molar-refractivity contribution >= 4 is 17.7 Å². The summed E-state index contributed by atoms with van der Waals surface area (Å²) in [7, 11) is 3.80. The van der Waals surface area contributed by atoms with Crippen LogP contribution in [-0.4, -0.2) is 89.6 Å². The SMILES string of the molecule is Cc1cc(N2CCN(C)CC2)nc(N2CCN(C(=O)c3cccn(C)c3=O)CC2)n1. The first-order valence-corrected chi connectivity index (χ1v) is 10.4. The summed E-state index contributed by atoms with van der Waals surface area (Å²) in [6.07, 6.45) is 1.66. The Morgan fingerprint density at radius 3 is 2.30 bits per heavy atom. The van der Waals surface area contributed by atoms with Crippen LogP contribution in [0.15, 0.2) is 29.2 Å². The third kappa shape index (κ3) is 4.16. The first kappa shape index (κ1) is 20.3. The van der Waals surface area contributed by atoms with Gasteiger partial charge in [-0.25, -0.2) is 4.98 Å². The number of aryl methyl sites for hydroxylation is 2. The van der Waals surface area contributed by atoms with Crippen LogP contribution in [0, 0.1) is 6.92 Å². The first-order valence-electron chi connectivity index (χ1n) is 10.4. The maximum Gasteiger partial charge on any atom is 0.263 e. The minimum atomic E-state index is -0.260. The van der Waals surface area contributed by atoms with Gasteiger partial charge in [0.2, 0.25) is 5.95 Å². The van der Waals surface area contributed by atoms with Crippen molar-refractivity contribution in [1.82, 2.24) is 24.3 Å². The van der Waals surface area contributed by atoms with Gasteiger partial charge in [-0.1, -0.05) is 0 Å². The number of rotatable bonds is 3. The number of piperazine rings is 2. The van der Waals surface area contributed by atoms with Crippen molar-refractivity contribution in [3.8, 4) is 0 Å². The van der Waals surface area contributed by atoms with E-state index in [1.807, 2.05) is 13.0 Å². The number of carbonyl (C=O) groups excluding carboxylic acids is 1. The van der Waals surface area contributed by atoms with Crippen molar-refractivity contribution in [2.75, 3.05) is 69.2 Å². The quantitative estimate of drug-likeness (QED) is 0.714. The molecular weight excluding hydrogens is 382 g/mol. The van der Waals surface area contributed by atoms with Gasteiger partial charge in [-0.3, -0.25) is 9.59 Å². The third-order valence-electron chi connectivity index (χ3n) is 5.86. The van der Waals surface area contributed by atoms with E-state index in [0.717, 1.165) is 37.7 Å². The third-order valence-corrected chi connectivity index (χ3v) is 5.86. The fourth-order valence-corrected chi connectivity index (χ4v) is 3.92. The second-order valence-electron chi connectivity index (χ2n) is 8.08. The van der Waals surface area contributed by atoms with Crippen LogP contribution in [0.2, 0.25) is 0 Å². The summed E-state index contributed by atoms with van der Waals surface area (Å²) < 4.78 is 1.43. The summed E-state index contributed by atoms with van der Waals surface area (Å²) >= 11 is 0. The zero-order chi connectivity index (χ0) is 21.3. The Morgan fingerprint density at radius 1 is 0.933 bits per heavy atom. The molecule has 2 fully saturated rings. The molecule has 0 spiro atoms. The van der Waals surface area contributed by atoms with Crippen molar-refractivity contribution in [3.05, 3.63) is 46.0 Å². The Labute approximate surface area is 176 Å². The van der Waals surface area contributed by atoms with E-state index in [-0.39, 0.29) is 17.0 Å². The van der Waals surface area contributed by atoms with E-state index in [0.29, 0.717) is 32.1 Å². The molecule has 0 atom stereocenters. The Hall–Kier alpha value is -2.94. The predicted octanol–water partition coefficient (Wildman–Crippen LogP) is 0.198. The molecule has 2 aromatic heterocycles. The Morgan fingerprint density at radius 2 is 1.60 bits per heavy atom. The van der Waals surface area contributed by atoms with Crippen LogP contribution in [-0.2, 0) is 7.05 Å². The summed E-state index contributed by atoms with van der Waals surface area (Å²) in [5.41, 5.74) is 0.904. The highest BCUT2D eigenvalue weighted by molar-refractivity contribution is 5.94. The first-order chi connectivity index (χ1) is 14.4. The number of hydrogen-bond donors (Lipinski definition) is 0. The number of anilines is 2. The van der Waals surface area contributed by atoms with E-state index in [2.05, 4.69) is 26.7 Å². The molecule has 2 aromatic rings. The van der Waals surface area contributed by atoms with Gasteiger partial charge in [0.25, 0.3) is 11.5 Å². The fraction of sp³-hybridized carbons (Fsp3) is 0.524. The number of nitrogens with zero attached hydrogens (tertiary/aromatic N) is 7. The van der Waals surface area contributed by atoms with E-state index in [4.69, 9.17) is 4.98 Å². The molecule has 0 saturated carbocycles. The minimum Gasteiger partial charge on any atom is -0.354 e. The number of amides is 1. The summed E-state index contributed by atoms with van der Waals surface area (Å²) in [6, 6.07) is 5.37. The van der Waals surface area contributed by atoms with Gasteiger partial charge in [-0.2, -0.15) is 4.98 Å². The average Bonchev–Trinajstić information content (AvgIpc) is 2.75. The molecule has 0 radical (unpaired) electrons. The Bertz CT molecular complexity index is 974. The van der Waals surface area contributed by atoms with Crippen molar-refractivity contribution in [2.24, 2.45) is 7.05 Å². The van der Waals surface area contributed by atoms with Gasteiger partial charge in [0.15, 0.2) is 0 Å². The number of carbonyl (C=O) groups is 1. The molecule has 0 bridgehead atoms. The van der Waals surface area contributed by atoms with Crippen LogP contribution in [0.4, 0.5) is 11.8 Å². The molecule has 30 heavy (non-hydrogen) atoms. The lowest BCUT2D eigenvalue weighted by molar-refractivity contribution is 0.0744. The average molecular weight is 412 g/mol. The maximum absolute atomic E-state index is 12.8. The molecule has 9 nitrogen and oxygen atoms in total. The molecule has 0 aliphatic carbocycles. The summed E-state index contributed by atoms with van der Waals surface area (Å²) in [5.74, 6) is 1.47. The standard InChI is InChI=1S/C21H29N7O2/c1-16-15-18(26-9-7-24(2)8-10-26)23-21(22-16)28-13-11-27(12-14-28)20(30)17-5-4-6-25(3)19(17)29/h4-6,15H,7-14H2,1-3H3. The van der Waals surface area contributed by atoms with Gasteiger partial charge in [-0.15, -0.1) is 0 Å². The van der Waals surface area contributed by atoms with Gasteiger partial charge < -0.3 is 24.2 Å². The van der Waals surface area contributed by atoms with Crippen LogP contribution in [0.1, 0.15) is 16.1 Å². The number of aromatic nitrogens is 3. The molecule has 1 amide bonds. The molecule has 4 rings (SSSR count). The molecule has 2 aliphatic heterocycles. The zero-order valence-corrected chi connectivity index (χ0v) is 17.9. The molecular formula is C21H29N7O2. The number of hydrogen-bond acceptors (Lipinski definition) is 7. The normalized spacial score (nSPS) is 18.0. The second-order valence-corrected chi connectivity index (χ2v) is 8.08. The lowest BCUT2D eigenvalue weighted by atomic mass is 10.2. The van der Waals surface area contributed by atoms with E-state index in [1.165, 1.54) is 4.57 Å². The van der Waals surface area contributed by atoms with Gasteiger partial charge >= 0.3 is 0 Å². The largest absolute Gasteiger partial charge is 0.354 e. The maximum atomic E-state index is 12.8. The molecule has 0 N–H and O–H groups in total. The van der Waals surface area contributed by atoms with Crippen molar-refractivity contribution in [2.45, 2.75) is 6.92 Å². The molecule has 160 valence electrons. The lowest BCUT2D eigenvalue weighted by Gasteiger charge is -2.36. The Balaban J connectivity index is 1.44. The summed E-state index contributed by atoms with van der Waals surface area (Å²) in [6.45, 7) is 8.33. The number of likely N-dealkylation sites (N-methyl/N-ethyl adjacent to an activating group) is 1. The van der Waals surface area contributed by atoms with Gasteiger partial charge in [0.05, 0.1) is 0 Å². The molecule has 4 heterocycles. The number of pyridine rings is 1. The summed E-state index contributed by atoms with van der Waals surface area (Å²) in [4.78, 5) is 43.0. The molecule has 2 saturated heterocycles. The van der Waals surface area contributed by atoms with Crippen LogP contribution in [0.5, 0.6) is 0 Å². The van der Waals surface area contributed by atoms with Gasteiger partial charge in [0, 0.05) is 77.4 Å².